The fourth-order valence-electron chi connectivity index (χ4n) is 22.6. The summed E-state index contributed by atoms with van der Waals surface area (Å²) < 4.78 is 55.2. The average Bonchev–Trinajstić information content (AvgIpc) is 1.23. The third kappa shape index (κ3) is 18.2. The first-order valence-electron chi connectivity index (χ1n) is 37.8. The van der Waals surface area contributed by atoms with Crippen LogP contribution in [0.5, 0.6) is 0 Å². The van der Waals surface area contributed by atoms with Crippen LogP contribution in [0.25, 0.3) is 0 Å². The van der Waals surface area contributed by atoms with Gasteiger partial charge in [0.05, 0.1) is 47.3 Å². The van der Waals surface area contributed by atoms with Gasteiger partial charge in [0.2, 0.25) is 0 Å². The number of carbonyl (C=O) groups is 1. The van der Waals surface area contributed by atoms with Crippen molar-refractivity contribution in [2.75, 3.05) is 18.8 Å². The third-order valence-electron chi connectivity index (χ3n) is 27.7. The molecule has 0 bridgehead atoms. The maximum absolute atomic E-state index is 13.0. The zero-order valence-electron chi connectivity index (χ0n) is 61.9. The molecule has 17 heteroatoms. The number of fused-ring (bicyclic) bond motifs is 10. The molecule has 22 atom stereocenters. The van der Waals surface area contributed by atoms with Crippen molar-refractivity contribution in [2.24, 2.45) is 109 Å². The molecule has 0 saturated heterocycles. The van der Waals surface area contributed by atoms with Gasteiger partial charge in [-0.15, -0.1) is 0 Å². The number of benzene rings is 2. The molecule has 8 aliphatic carbocycles. The number of quaternary nitrogens is 1. The first kappa shape index (κ1) is 82.8. The second-order valence-corrected chi connectivity index (χ2v) is 54.8. The van der Waals surface area contributed by atoms with E-state index in [0.29, 0.717) is 97.1 Å². The number of nitrogens with zero attached hydrogens (tertiary/aromatic N) is 1. The Hall–Kier alpha value is -0.530. The average molecular weight is 1710 g/mol. The summed E-state index contributed by atoms with van der Waals surface area (Å²) in [5, 5.41) is 59.9. The molecular formula is C79H130I3N2O10S2-. The number of hydrogen-bond donors (Lipinski definition) is 5. The van der Waals surface area contributed by atoms with Gasteiger partial charge < -0.3 is 30.8 Å². The number of aliphatic hydroxyl groups is 4. The van der Waals surface area contributed by atoms with Gasteiger partial charge in [-0.25, -0.2) is 8.42 Å². The van der Waals surface area contributed by atoms with Crippen LogP contribution in [-0.2, 0) is 35.5 Å². The van der Waals surface area contributed by atoms with Gasteiger partial charge in [-0.1, -0.05) is 147 Å². The van der Waals surface area contributed by atoms with Gasteiger partial charge in [-0.3, -0.25) is 4.79 Å². The van der Waals surface area contributed by atoms with E-state index in [0.717, 1.165) is 101 Å². The number of hydrogen-bond acceptors (Lipinski definition) is 10. The summed E-state index contributed by atoms with van der Waals surface area (Å²) in [6, 6.07) is 13.7. The number of sulfone groups is 1. The van der Waals surface area contributed by atoms with Crippen molar-refractivity contribution in [3.05, 3.63) is 59.7 Å². The summed E-state index contributed by atoms with van der Waals surface area (Å²) in [4.78, 5) is 13.1. The van der Waals surface area contributed by atoms with Gasteiger partial charge in [0.1, 0.15) is 11.5 Å². The molecular weight excluding hydrogens is 1580 g/mol. The Morgan fingerprint density at radius 1 is 0.573 bits per heavy atom. The van der Waals surface area contributed by atoms with Gasteiger partial charge in [0, 0.05) is 6.42 Å². The van der Waals surface area contributed by atoms with Crippen molar-refractivity contribution in [1.29, 1.82) is 0 Å². The predicted octanol–water partition coefficient (Wildman–Crippen LogP) is 13.0. The Bertz CT molecular complexity index is 3080. The molecule has 0 spiro atoms. The molecule has 0 aromatic heterocycles. The molecule has 6 N–H and O–H groups in total. The third-order valence-corrected chi connectivity index (χ3v) is 30.7. The predicted molar refractivity (Wildman–Crippen MR) is 403 cm³/mol. The molecule has 10 rings (SSSR count). The van der Waals surface area contributed by atoms with E-state index >= 15 is 0 Å². The Morgan fingerprint density at radius 2 is 0.938 bits per heavy atom. The van der Waals surface area contributed by atoms with E-state index in [9.17, 15) is 47.2 Å². The number of aliphatic hydroxyl groups excluding tert-OH is 4. The number of rotatable bonds is 19. The van der Waals surface area contributed by atoms with E-state index in [-0.39, 0.29) is 90.7 Å². The summed E-state index contributed by atoms with van der Waals surface area (Å²) in [5.41, 5.74) is 2.75. The van der Waals surface area contributed by atoms with E-state index in [4.69, 9.17) is 0 Å². The van der Waals surface area contributed by atoms with Crippen LogP contribution in [0.15, 0.2) is 62.7 Å². The second kappa shape index (κ2) is 34.1. The SMILES string of the molecule is CC[C@H]1[C@@H](O)[C@@H]2[C@H](CC[C@]3(C)[C@@H]([C@H](C)CCCC(=O)CS(=O)(=O)c4ccc(C(C)(C)C)cc4)CC[C@@H]23)[C@@]2(C)CC[C@@H](O)C[C@@H]12.CC[C@H]1[C@@H](O)[C@@H]2[C@H](CC[C@]3(C)[C@@H]([C@H](C)CCCC([O-])=NS(=O)(=O)c4ccc(C(C)(C)C)cc4)CC[C@@H]23)[C@@]2(C)CC[C@@H](O)C[C@@H]12.CC[NH2+]CC.I[I-]I. The van der Waals surface area contributed by atoms with Crippen LogP contribution >= 0.6 is 37.2 Å². The molecule has 2 aromatic rings. The molecule has 96 heavy (non-hydrogen) atoms. The van der Waals surface area contributed by atoms with E-state index in [1.165, 1.54) is 45.2 Å². The van der Waals surface area contributed by atoms with Gasteiger partial charge in [-0.2, -0.15) is 12.8 Å². The van der Waals surface area contributed by atoms with Crippen LogP contribution in [0.3, 0.4) is 0 Å². The van der Waals surface area contributed by atoms with Crippen molar-refractivity contribution in [3.63, 3.8) is 0 Å². The van der Waals surface area contributed by atoms with Crippen molar-refractivity contribution in [2.45, 2.75) is 297 Å². The van der Waals surface area contributed by atoms with E-state index in [1.807, 2.05) is 12.1 Å². The fourth-order valence-corrected chi connectivity index (χ4v) is 24.9. The zero-order chi connectivity index (χ0) is 71.3. The quantitative estimate of drug-likeness (QED) is 0.0509. The Labute approximate surface area is 613 Å². The molecule has 0 radical (unpaired) electrons. The van der Waals surface area contributed by atoms with Gasteiger partial charge >= 0.3 is 50.5 Å². The van der Waals surface area contributed by atoms with Crippen molar-refractivity contribution in [3.8, 4) is 0 Å². The summed E-state index contributed by atoms with van der Waals surface area (Å²) in [5.74, 6) is 4.94. The summed E-state index contributed by atoms with van der Waals surface area (Å²) in [6.45, 7) is 38.3. The van der Waals surface area contributed by atoms with Crippen molar-refractivity contribution >= 4 is 68.8 Å². The molecule has 8 aliphatic rings. The molecule has 8 saturated carbocycles. The Balaban J connectivity index is 0.000000244. The van der Waals surface area contributed by atoms with Crippen molar-refractivity contribution in [1.82, 2.24) is 0 Å². The molecule has 12 nitrogen and oxygen atoms in total. The normalized spacial score (nSPS) is 37.2. The van der Waals surface area contributed by atoms with E-state index in [2.05, 4.69) is 158 Å². The number of nitrogens with two attached hydrogens (primary N) is 1. The van der Waals surface area contributed by atoms with Crippen LogP contribution < -0.4 is 23.7 Å². The monoisotopic (exact) mass is 1710 g/mol. The number of Topliss-reactive ketones (excluding diaryl/α,β-unsaturated/α-hetero) is 1. The van der Waals surface area contributed by atoms with Crippen LogP contribution in [-0.4, -0.2) is 92.2 Å². The molecule has 550 valence electrons. The Morgan fingerprint density at radius 3 is 1.30 bits per heavy atom. The molecule has 0 aliphatic heterocycles. The minimum atomic E-state index is -4.02. The number of carbonyl (C=O) groups excluding carboxylic acids is 1. The van der Waals surface area contributed by atoms with Gasteiger partial charge in [0.25, 0.3) is 10.0 Å². The van der Waals surface area contributed by atoms with Gasteiger partial charge in [0.15, 0.2) is 9.84 Å². The molecule has 8 fully saturated rings. The summed E-state index contributed by atoms with van der Waals surface area (Å²) in [6.07, 6.45) is 19.6. The molecule has 2 aromatic carbocycles. The topological polar surface area (TPSA) is 218 Å². The van der Waals surface area contributed by atoms with Crippen LogP contribution in [0.4, 0.5) is 0 Å². The fraction of sp³-hybridized carbons (Fsp3) is 0.823. The van der Waals surface area contributed by atoms with Crippen LogP contribution in [0.2, 0.25) is 0 Å². The molecule has 0 amide bonds. The first-order valence-corrected chi connectivity index (χ1v) is 53.4. The van der Waals surface area contributed by atoms with E-state index in [1.54, 1.807) is 36.4 Å². The number of sulfonamides is 1. The molecule has 0 unspecified atom stereocenters. The first-order chi connectivity index (χ1) is 44.9. The van der Waals surface area contributed by atoms with Crippen LogP contribution in [0, 0.1) is 105 Å². The molecule has 0 heterocycles. The zero-order valence-corrected chi connectivity index (χ0v) is 70.0. The standard InChI is InChI=1S/C38H60O5S.C37H59NO5S.C4H11N.I3/c1-8-29-33-22-26(39)18-20-38(33,7)32-19-21-37(6)30(16-17-31(37)34(32)35(29)41)24(2)10-9-11-27(40)23-44(42,43)28-14-12-25(13-15-28)36(3,4)5;1-8-27-31-22-25(39)18-20-37(31,7)30-19-21-36(6)28(16-17-29(36)33(30)34(27)41)23(2)10-9-11-32(40)38-44(42,43)26-14-12-24(13-15-26)35(3,4)5;1-3-5-4-2;1-3-2/h12-15,24,26,29-35,39,41H,8-11,16-23H2,1-7H3;12-15,23,25,27-31,33-34,39,41H,8-11,16-22H2,1-7H3,(H,38,40);5H,3-4H2,1-2H3;/q;;;-1/t24-,26-,29-,30-,31+,32+,33+,34+,35-,37-,38-;23-,25-,27-,28-,29+,30+,31+,33+,34-,36-,37-;;/m11../s1. The van der Waals surface area contributed by atoms with Crippen LogP contribution in [0.1, 0.15) is 263 Å². The summed E-state index contributed by atoms with van der Waals surface area (Å²) >= 11 is 5.30. The van der Waals surface area contributed by atoms with Crippen molar-refractivity contribution < 1.29 is 65.7 Å². The maximum atomic E-state index is 13.0. The van der Waals surface area contributed by atoms with Gasteiger partial charge in [-0.05, 0) is 280 Å². The summed E-state index contributed by atoms with van der Waals surface area (Å²) in [7, 11) is -7.66. The minimum absolute atomic E-state index is 0.0558. The number of ketones is 1. The van der Waals surface area contributed by atoms with E-state index < -0.39 is 31.5 Å². The number of halogens is 3. The second-order valence-electron chi connectivity index (χ2n) is 34.9. The Kier molecular flexibility index (Phi) is 29.4.